The molecule has 0 radical (unpaired) electrons. The highest BCUT2D eigenvalue weighted by Crippen LogP contribution is 2.23. The van der Waals surface area contributed by atoms with Gasteiger partial charge in [0.1, 0.15) is 0 Å². The smallest absolute Gasteiger partial charge is 0.253 e. The summed E-state index contributed by atoms with van der Waals surface area (Å²) in [5.41, 5.74) is 3.23. The second-order valence-electron chi connectivity index (χ2n) is 7.31. The summed E-state index contributed by atoms with van der Waals surface area (Å²) < 4.78 is 0. The van der Waals surface area contributed by atoms with E-state index < -0.39 is 0 Å². The molecule has 1 aliphatic rings. The molecule has 1 aromatic heterocycles. The van der Waals surface area contributed by atoms with E-state index in [1.54, 1.807) is 0 Å². The Morgan fingerprint density at radius 1 is 0.966 bits per heavy atom. The number of nitrogens with zero attached hydrogens (tertiary/aromatic N) is 3. The fourth-order valence-corrected chi connectivity index (χ4v) is 3.68. The quantitative estimate of drug-likeness (QED) is 0.746. The molecule has 6 nitrogen and oxygen atoms in total. The molecule has 6 heteroatoms. The topological polar surface area (TPSA) is 65.5 Å². The van der Waals surface area contributed by atoms with E-state index in [1.807, 2.05) is 72.5 Å². The molecule has 0 bridgehead atoms. The molecule has 0 aliphatic carbocycles. The number of carbonyl (C=O) groups excluding carboxylic acids is 2. The van der Waals surface area contributed by atoms with Crippen LogP contribution in [0.4, 0.5) is 5.69 Å². The minimum atomic E-state index is -0.0522. The third kappa shape index (κ3) is 4.43. The Morgan fingerprint density at radius 2 is 1.66 bits per heavy atom. The van der Waals surface area contributed by atoms with Crippen molar-refractivity contribution in [1.82, 2.24) is 14.8 Å². The number of hydrogen-bond acceptors (Lipinski definition) is 4. The number of nitrogens with one attached hydrogen (secondary N) is 1. The lowest BCUT2D eigenvalue weighted by atomic mass is 10.1. The molecule has 4 rings (SSSR count). The van der Waals surface area contributed by atoms with Crippen molar-refractivity contribution in [2.75, 3.05) is 38.0 Å². The number of rotatable bonds is 4. The van der Waals surface area contributed by atoms with E-state index in [-0.39, 0.29) is 11.8 Å². The monoisotopic (exact) mass is 388 g/mol. The second kappa shape index (κ2) is 8.41. The summed E-state index contributed by atoms with van der Waals surface area (Å²) in [6.45, 7) is 4.84. The maximum absolute atomic E-state index is 12.6. The maximum atomic E-state index is 12.6. The molecular formula is C23H24N4O2. The molecule has 1 fully saturated rings. The number of anilines is 1. The number of pyridine rings is 1. The van der Waals surface area contributed by atoms with E-state index in [0.29, 0.717) is 38.3 Å². The normalized spacial score (nSPS) is 14.7. The van der Waals surface area contributed by atoms with Crippen molar-refractivity contribution < 1.29 is 9.59 Å². The van der Waals surface area contributed by atoms with Crippen molar-refractivity contribution in [2.24, 2.45) is 0 Å². The van der Waals surface area contributed by atoms with Crippen molar-refractivity contribution in [1.29, 1.82) is 0 Å². The number of para-hydroxylation sites is 1. The van der Waals surface area contributed by atoms with E-state index in [4.69, 9.17) is 0 Å². The Kier molecular flexibility index (Phi) is 5.53. The summed E-state index contributed by atoms with van der Waals surface area (Å²) in [5.74, 6) is -0.00276. The first-order chi connectivity index (χ1) is 14.1. The molecule has 3 aromatic rings. The number of piperazine rings is 1. The summed E-state index contributed by atoms with van der Waals surface area (Å²) >= 11 is 0. The van der Waals surface area contributed by atoms with Gasteiger partial charge in [-0.2, -0.15) is 0 Å². The van der Waals surface area contributed by atoms with Crippen molar-refractivity contribution in [2.45, 2.75) is 6.92 Å². The Bertz CT molecular complexity index is 1030. The Hall–Kier alpha value is -3.25. The van der Waals surface area contributed by atoms with Gasteiger partial charge in [0.25, 0.3) is 5.91 Å². The zero-order chi connectivity index (χ0) is 20.2. The van der Waals surface area contributed by atoms with E-state index in [2.05, 4.69) is 15.2 Å². The lowest BCUT2D eigenvalue weighted by molar-refractivity contribution is -0.117. The van der Waals surface area contributed by atoms with Crippen molar-refractivity contribution in [3.63, 3.8) is 0 Å². The van der Waals surface area contributed by atoms with Gasteiger partial charge in [-0.05, 0) is 31.2 Å². The molecule has 2 heterocycles. The molecule has 2 amide bonds. The summed E-state index contributed by atoms with van der Waals surface area (Å²) in [6, 6.07) is 19.0. The van der Waals surface area contributed by atoms with E-state index in [0.717, 1.165) is 22.3 Å². The number of carbonyl (C=O) groups is 2. The third-order valence-electron chi connectivity index (χ3n) is 5.17. The molecule has 0 atom stereocenters. The number of aryl methyl sites for hydroxylation is 1. The van der Waals surface area contributed by atoms with Gasteiger partial charge < -0.3 is 10.2 Å². The van der Waals surface area contributed by atoms with E-state index in [9.17, 15) is 9.59 Å². The molecule has 148 valence electrons. The first kappa shape index (κ1) is 19.1. The summed E-state index contributed by atoms with van der Waals surface area (Å²) in [4.78, 5) is 33.6. The van der Waals surface area contributed by atoms with Gasteiger partial charge in [-0.25, -0.2) is 0 Å². The molecule has 2 aromatic carbocycles. The molecular weight excluding hydrogens is 364 g/mol. The first-order valence-corrected chi connectivity index (χ1v) is 9.83. The molecule has 29 heavy (non-hydrogen) atoms. The van der Waals surface area contributed by atoms with Crippen molar-refractivity contribution >= 4 is 28.4 Å². The minimum absolute atomic E-state index is 0.0495. The Morgan fingerprint density at radius 3 is 2.41 bits per heavy atom. The molecule has 1 N–H and O–H groups in total. The van der Waals surface area contributed by atoms with Crippen LogP contribution in [-0.4, -0.2) is 59.3 Å². The molecule has 1 aliphatic heterocycles. The molecule has 0 saturated carbocycles. The van der Waals surface area contributed by atoms with Gasteiger partial charge >= 0.3 is 0 Å². The Labute approximate surface area is 170 Å². The van der Waals surface area contributed by atoms with Gasteiger partial charge in [-0.3, -0.25) is 19.5 Å². The lowest BCUT2D eigenvalue weighted by Crippen LogP contribution is -2.50. The van der Waals surface area contributed by atoms with Crippen LogP contribution in [-0.2, 0) is 4.79 Å². The van der Waals surface area contributed by atoms with Crippen LogP contribution in [0.3, 0.4) is 0 Å². The molecule has 1 saturated heterocycles. The predicted octanol–water partition coefficient (Wildman–Crippen LogP) is 2.94. The van der Waals surface area contributed by atoms with Crippen LogP contribution in [0.5, 0.6) is 0 Å². The van der Waals surface area contributed by atoms with Gasteiger partial charge in [0.2, 0.25) is 5.91 Å². The lowest BCUT2D eigenvalue weighted by Gasteiger charge is -2.34. The van der Waals surface area contributed by atoms with E-state index in [1.165, 1.54) is 0 Å². The second-order valence-corrected chi connectivity index (χ2v) is 7.31. The van der Waals surface area contributed by atoms with Crippen LogP contribution in [0.15, 0.2) is 60.7 Å². The van der Waals surface area contributed by atoms with Crippen LogP contribution in [0.2, 0.25) is 0 Å². The van der Waals surface area contributed by atoms with Crippen LogP contribution < -0.4 is 5.32 Å². The minimum Gasteiger partial charge on any atom is -0.336 e. The van der Waals surface area contributed by atoms with Crippen LogP contribution >= 0.6 is 0 Å². The maximum Gasteiger partial charge on any atom is 0.253 e. The molecule has 0 spiro atoms. The van der Waals surface area contributed by atoms with Crippen molar-refractivity contribution in [3.8, 4) is 0 Å². The van der Waals surface area contributed by atoms with Gasteiger partial charge in [0.05, 0.1) is 17.7 Å². The SMILES string of the molecule is Cc1cc(NC(=O)CN2CCN(C(=O)c3ccccc3)CC2)c2ccccc2n1. The highest BCUT2D eigenvalue weighted by molar-refractivity contribution is 6.01. The number of benzene rings is 2. The van der Waals surface area contributed by atoms with Crippen LogP contribution in [0.1, 0.15) is 16.1 Å². The standard InChI is InChI=1S/C23H24N4O2/c1-17-15-21(19-9-5-6-10-20(19)24-17)25-22(28)16-26-11-13-27(14-12-26)23(29)18-7-3-2-4-8-18/h2-10,15H,11-14,16H2,1H3,(H,24,25,28). The fourth-order valence-electron chi connectivity index (χ4n) is 3.68. The average Bonchev–Trinajstić information content (AvgIpc) is 2.74. The van der Waals surface area contributed by atoms with Crippen LogP contribution in [0.25, 0.3) is 10.9 Å². The number of amides is 2. The van der Waals surface area contributed by atoms with Crippen LogP contribution in [0, 0.1) is 6.92 Å². The number of hydrogen-bond donors (Lipinski definition) is 1. The van der Waals surface area contributed by atoms with Crippen molar-refractivity contribution in [3.05, 3.63) is 71.9 Å². The van der Waals surface area contributed by atoms with Gasteiger partial charge in [-0.15, -0.1) is 0 Å². The predicted molar refractivity (Wildman–Crippen MR) is 114 cm³/mol. The highest BCUT2D eigenvalue weighted by atomic mass is 16.2. The van der Waals surface area contributed by atoms with E-state index >= 15 is 0 Å². The molecule has 0 unspecified atom stereocenters. The summed E-state index contributed by atoms with van der Waals surface area (Å²) in [7, 11) is 0. The number of aromatic nitrogens is 1. The highest BCUT2D eigenvalue weighted by Gasteiger charge is 2.23. The van der Waals surface area contributed by atoms with Gasteiger partial charge in [0, 0.05) is 42.8 Å². The third-order valence-corrected chi connectivity index (χ3v) is 5.17. The zero-order valence-corrected chi connectivity index (χ0v) is 16.5. The zero-order valence-electron chi connectivity index (χ0n) is 16.5. The van der Waals surface area contributed by atoms with Gasteiger partial charge in [-0.1, -0.05) is 36.4 Å². The summed E-state index contributed by atoms with van der Waals surface area (Å²) in [6.07, 6.45) is 0. The average molecular weight is 388 g/mol. The summed E-state index contributed by atoms with van der Waals surface area (Å²) in [5, 5.41) is 3.97. The van der Waals surface area contributed by atoms with Gasteiger partial charge in [0.15, 0.2) is 0 Å². The fraction of sp³-hybridized carbons (Fsp3) is 0.261. The Balaban J connectivity index is 1.34. The first-order valence-electron chi connectivity index (χ1n) is 9.83. The largest absolute Gasteiger partial charge is 0.336 e. The number of fused-ring (bicyclic) bond motifs is 1.